The molecule has 0 aromatic carbocycles. The number of rotatable bonds is 11. The number of fused-ring (bicyclic) bond motifs is 5. The van der Waals surface area contributed by atoms with E-state index in [-0.39, 0.29) is 66.3 Å². The summed E-state index contributed by atoms with van der Waals surface area (Å²) in [7, 11) is -3.65. The fourth-order valence-corrected chi connectivity index (χ4v) is 10.9. The molecule has 5 fully saturated rings. The number of methoxy groups -OCH3 is 1. The molecule has 5 aliphatic rings. The van der Waals surface area contributed by atoms with E-state index >= 15 is 0 Å². The van der Waals surface area contributed by atoms with Crippen LogP contribution in [0.5, 0.6) is 0 Å². The summed E-state index contributed by atoms with van der Waals surface area (Å²) in [5.74, 6) is -1.63. The maximum atomic E-state index is 12.6. The molecule has 1 saturated heterocycles. The van der Waals surface area contributed by atoms with Crippen molar-refractivity contribution < 1.29 is 90.6 Å². The molecule has 268 valence electrons. The van der Waals surface area contributed by atoms with Crippen molar-refractivity contribution >= 4 is 10.4 Å². The first-order chi connectivity index (χ1) is 22.5. The van der Waals surface area contributed by atoms with E-state index in [2.05, 4.69) is 18.0 Å². The van der Waals surface area contributed by atoms with Gasteiger partial charge in [0.1, 0.15) is 18.3 Å². The molecule has 1 aliphatic heterocycles. The molecule has 17 atom stereocenters. The van der Waals surface area contributed by atoms with Gasteiger partial charge in [-0.3, -0.25) is 4.18 Å². The van der Waals surface area contributed by atoms with E-state index in [0.717, 1.165) is 0 Å². The third kappa shape index (κ3) is 7.56. The van der Waals surface area contributed by atoms with Gasteiger partial charge in [-0.2, -0.15) is 0 Å². The van der Waals surface area contributed by atoms with Crippen LogP contribution in [0.25, 0.3) is 0 Å². The molecule has 47 heavy (non-hydrogen) atoms. The second kappa shape index (κ2) is 14.9. The van der Waals surface area contributed by atoms with E-state index in [1.165, 1.54) is 7.11 Å². The Morgan fingerprint density at radius 2 is 1.74 bits per heavy atom. The first-order valence-electron chi connectivity index (χ1n) is 18.4. The summed E-state index contributed by atoms with van der Waals surface area (Å²) in [6, 6.07) is 0. The van der Waals surface area contributed by atoms with Gasteiger partial charge < -0.3 is 44.3 Å². The van der Waals surface area contributed by atoms with Gasteiger partial charge in [-0.05, 0) is 91.7 Å². The standard InChI is InChI=1S/C33H58O12S.Na/c1-17(2)24(44-30-27(37)28(42-6)25(45-30)16-43-46(39,40)41)8-7-18(3)20-14-22(35)29-32(20,5)12-10-26-31(4)11-9-19(34)13-21(31)23(36)15-33(26,29)38;/h17-30,34-38H,7-16H2,1-6H3,(H,39,40,41);/q;+1/p-1/t18-,19+,20-,21-,22+,23+,24+,25+,26-,27-,28+,29-,30-,31+,32-,33+;/m1./s1/i9D2,13D;/t13?,18-,19+,20-,21-,22+,23+,24+,25+,26-,27-,28+,29-,30-,31+,32-,33+;. The molecule has 4 saturated carbocycles. The van der Waals surface area contributed by atoms with Crippen LogP contribution in [-0.2, 0) is 28.8 Å². The Labute approximate surface area is 306 Å². The minimum atomic E-state index is -4.97. The average molecular weight is 704 g/mol. The Kier molecular flexibility index (Phi) is 11.4. The van der Waals surface area contributed by atoms with Crippen LogP contribution in [0.2, 0.25) is 0 Å². The molecule has 4 aliphatic carbocycles. The fraction of sp³-hybridized carbons (Fsp3) is 1.00. The van der Waals surface area contributed by atoms with Crippen molar-refractivity contribution in [3.05, 3.63) is 0 Å². The van der Waals surface area contributed by atoms with Gasteiger partial charge in [0.2, 0.25) is 10.4 Å². The van der Waals surface area contributed by atoms with E-state index < -0.39 is 107 Å². The van der Waals surface area contributed by atoms with E-state index in [0.29, 0.717) is 32.1 Å². The molecular formula is C33H57NaO12S. The number of aliphatic hydroxyl groups excluding tert-OH is 4. The fourth-order valence-electron chi connectivity index (χ4n) is 10.6. The van der Waals surface area contributed by atoms with Crippen molar-refractivity contribution in [2.24, 2.45) is 46.3 Å². The van der Waals surface area contributed by atoms with Crippen molar-refractivity contribution in [3.63, 3.8) is 0 Å². The van der Waals surface area contributed by atoms with Crippen molar-refractivity contribution in [2.45, 2.75) is 147 Å². The van der Waals surface area contributed by atoms with Gasteiger partial charge in [-0.15, -0.1) is 0 Å². The predicted octanol–water partition coefficient (Wildman–Crippen LogP) is -0.898. The summed E-state index contributed by atoms with van der Waals surface area (Å²) in [5.41, 5.74) is -2.91. The normalized spacial score (nSPS) is 51.5. The molecular weight excluding hydrogens is 643 g/mol. The average Bonchev–Trinajstić information content (AvgIpc) is 3.43. The number of aliphatic hydroxyl groups is 5. The molecule has 12 nitrogen and oxygen atoms in total. The van der Waals surface area contributed by atoms with Crippen LogP contribution >= 0.6 is 0 Å². The first-order valence-corrected chi connectivity index (χ1v) is 18.2. The number of ether oxygens (including phenoxy) is 3. The van der Waals surface area contributed by atoms with E-state index in [1.807, 2.05) is 20.8 Å². The summed E-state index contributed by atoms with van der Waals surface area (Å²) in [6.45, 7) is 9.38. The van der Waals surface area contributed by atoms with Crippen LogP contribution in [0, 0.1) is 46.3 Å². The number of hydrogen-bond donors (Lipinski definition) is 5. The van der Waals surface area contributed by atoms with E-state index in [4.69, 9.17) is 18.3 Å². The molecule has 5 rings (SSSR count). The Hall–Kier alpha value is 0.550. The Balaban J connectivity index is 0.00000562. The zero-order valence-corrected chi connectivity index (χ0v) is 31.6. The monoisotopic (exact) mass is 703 g/mol. The molecule has 1 heterocycles. The van der Waals surface area contributed by atoms with E-state index in [9.17, 15) is 38.5 Å². The first kappa shape index (κ1) is 35.9. The minimum absolute atomic E-state index is 0. The largest absolute Gasteiger partial charge is 1.00 e. The Bertz CT molecular complexity index is 1300. The van der Waals surface area contributed by atoms with Crippen molar-refractivity contribution in [1.82, 2.24) is 0 Å². The smallest absolute Gasteiger partial charge is 0.726 e. The summed E-state index contributed by atoms with van der Waals surface area (Å²) in [5, 5.41) is 57.2. The summed E-state index contributed by atoms with van der Waals surface area (Å²) >= 11 is 0. The molecule has 0 amide bonds. The zero-order chi connectivity index (χ0) is 36.6. The van der Waals surface area contributed by atoms with Crippen LogP contribution in [-0.4, -0.2) is 107 Å². The molecule has 0 bridgehead atoms. The maximum absolute atomic E-state index is 12.6. The third-order valence-electron chi connectivity index (χ3n) is 12.7. The summed E-state index contributed by atoms with van der Waals surface area (Å²) in [4.78, 5) is 0. The molecule has 0 aromatic heterocycles. The summed E-state index contributed by atoms with van der Waals surface area (Å²) < 4.78 is 80.3. The van der Waals surface area contributed by atoms with Crippen LogP contribution in [0.15, 0.2) is 0 Å². The maximum Gasteiger partial charge on any atom is 1.00 e. The van der Waals surface area contributed by atoms with Gasteiger partial charge in [0.05, 0.1) is 36.6 Å². The van der Waals surface area contributed by atoms with Crippen LogP contribution < -0.4 is 29.6 Å². The summed E-state index contributed by atoms with van der Waals surface area (Å²) in [6.07, 6.45) is -8.79. The van der Waals surface area contributed by atoms with Crippen molar-refractivity contribution in [1.29, 1.82) is 0 Å². The van der Waals surface area contributed by atoms with Gasteiger partial charge in [-0.1, -0.05) is 34.6 Å². The second-order valence-electron chi connectivity index (χ2n) is 15.7. The molecule has 0 radical (unpaired) electrons. The van der Waals surface area contributed by atoms with Gasteiger partial charge >= 0.3 is 29.6 Å². The zero-order valence-electron chi connectivity index (χ0n) is 31.8. The van der Waals surface area contributed by atoms with Crippen molar-refractivity contribution in [2.75, 3.05) is 13.7 Å². The van der Waals surface area contributed by atoms with Gasteiger partial charge in [-0.25, -0.2) is 8.42 Å². The predicted molar refractivity (Wildman–Crippen MR) is 165 cm³/mol. The second-order valence-corrected chi connectivity index (χ2v) is 16.7. The molecule has 14 heteroatoms. The van der Waals surface area contributed by atoms with Crippen LogP contribution in [0.3, 0.4) is 0 Å². The minimum Gasteiger partial charge on any atom is -0.726 e. The van der Waals surface area contributed by atoms with Gasteiger partial charge in [0.25, 0.3) is 0 Å². The van der Waals surface area contributed by atoms with Gasteiger partial charge in [0.15, 0.2) is 6.29 Å². The van der Waals surface area contributed by atoms with Gasteiger partial charge in [0, 0.05) is 23.6 Å². The number of hydrogen-bond acceptors (Lipinski definition) is 12. The van der Waals surface area contributed by atoms with Crippen LogP contribution in [0.1, 0.15) is 96.4 Å². The quantitative estimate of drug-likeness (QED) is 0.101. The Morgan fingerprint density at radius 3 is 2.36 bits per heavy atom. The SMILES string of the molecule is [2H]C1[C@@H](O)C([2H])([2H])C[C@@]2(C)[C@H]1[C@@H](O)C[C@]1(O)[C@@H]2CC[C@]2(C)[C@@H]([C@H](C)CC[C@H](O[C@@H]3O[C@@H](COS(=O)(=O)[O-])[C@H](OC)[C@H]3O)C(C)C)C[C@H](O)[C@H]21.[Na+]. The molecule has 0 aromatic rings. The van der Waals surface area contributed by atoms with Crippen molar-refractivity contribution in [3.8, 4) is 0 Å². The topological polar surface area (TPSA) is 195 Å². The van der Waals surface area contributed by atoms with Crippen LogP contribution in [0.4, 0.5) is 0 Å². The molecule has 1 unspecified atom stereocenters. The van der Waals surface area contributed by atoms with E-state index in [1.54, 1.807) is 0 Å². The molecule has 0 spiro atoms. The third-order valence-corrected chi connectivity index (χ3v) is 13.2. The Morgan fingerprint density at radius 1 is 1.06 bits per heavy atom. The molecule has 5 N–H and O–H groups in total.